The number of nitrogens with one attached hydrogen (secondary N) is 3. The number of aromatic nitrogens is 2. The molecule has 0 saturated heterocycles. The molecule has 2 heterocycles. The SMILES string of the molecule is CCNC(=NCc1ccccn1)NCCC(=O)Nc1cccc(C)n1. The summed E-state index contributed by atoms with van der Waals surface area (Å²) in [5.41, 5.74) is 1.76. The fraction of sp³-hybridized carbons (Fsp3) is 0.333. The van der Waals surface area contributed by atoms with Gasteiger partial charge in [0, 0.05) is 31.4 Å². The summed E-state index contributed by atoms with van der Waals surface area (Å²) in [4.78, 5) is 24.9. The number of aryl methyl sites for hydroxylation is 1. The number of amides is 1. The van der Waals surface area contributed by atoms with E-state index >= 15 is 0 Å². The summed E-state index contributed by atoms with van der Waals surface area (Å²) in [6.45, 7) is 5.58. The number of carbonyl (C=O) groups excluding carboxylic acids is 1. The van der Waals surface area contributed by atoms with E-state index in [9.17, 15) is 4.79 Å². The van der Waals surface area contributed by atoms with Gasteiger partial charge in [0.25, 0.3) is 0 Å². The lowest BCUT2D eigenvalue weighted by molar-refractivity contribution is -0.116. The molecule has 0 aliphatic carbocycles. The summed E-state index contributed by atoms with van der Waals surface area (Å²) in [6.07, 6.45) is 2.07. The van der Waals surface area contributed by atoms with Crippen molar-refractivity contribution in [1.29, 1.82) is 0 Å². The Kier molecular flexibility index (Phi) is 7.37. The van der Waals surface area contributed by atoms with E-state index in [4.69, 9.17) is 0 Å². The summed E-state index contributed by atoms with van der Waals surface area (Å²) in [6, 6.07) is 11.3. The Balaban J connectivity index is 1.79. The maximum Gasteiger partial charge on any atom is 0.227 e. The van der Waals surface area contributed by atoms with Crippen molar-refractivity contribution in [2.24, 2.45) is 4.99 Å². The molecule has 2 aromatic heterocycles. The second kappa shape index (κ2) is 10.0. The van der Waals surface area contributed by atoms with Crippen molar-refractivity contribution in [3.8, 4) is 0 Å². The van der Waals surface area contributed by atoms with E-state index in [0.29, 0.717) is 31.3 Å². The molecule has 0 radical (unpaired) electrons. The Morgan fingerprint density at radius 3 is 2.76 bits per heavy atom. The molecule has 7 heteroatoms. The van der Waals surface area contributed by atoms with Gasteiger partial charge in [0.05, 0.1) is 12.2 Å². The molecule has 0 aliphatic rings. The zero-order valence-electron chi connectivity index (χ0n) is 14.6. The fourth-order valence-electron chi connectivity index (χ4n) is 2.11. The lowest BCUT2D eigenvalue weighted by Crippen LogP contribution is -2.38. The van der Waals surface area contributed by atoms with Gasteiger partial charge in [0.1, 0.15) is 5.82 Å². The Morgan fingerprint density at radius 2 is 2.04 bits per heavy atom. The van der Waals surface area contributed by atoms with Gasteiger partial charge < -0.3 is 16.0 Å². The lowest BCUT2D eigenvalue weighted by Gasteiger charge is -2.11. The van der Waals surface area contributed by atoms with Crippen LogP contribution in [-0.4, -0.2) is 34.9 Å². The maximum atomic E-state index is 12.0. The third kappa shape index (κ3) is 6.99. The molecule has 0 aromatic carbocycles. The minimum atomic E-state index is -0.0915. The molecule has 0 aliphatic heterocycles. The monoisotopic (exact) mass is 340 g/mol. The van der Waals surface area contributed by atoms with Gasteiger partial charge >= 0.3 is 0 Å². The maximum absolute atomic E-state index is 12.0. The van der Waals surface area contributed by atoms with Crippen LogP contribution in [0.2, 0.25) is 0 Å². The zero-order chi connectivity index (χ0) is 17.9. The van der Waals surface area contributed by atoms with Crippen LogP contribution in [0.1, 0.15) is 24.7 Å². The molecule has 7 nitrogen and oxygen atoms in total. The highest BCUT2D eigenvalue weighted by atomic mass is 16.1. The first-order valence-corrected chi connectivity index (χ1v) is 8.33. The Labute approximate surface area is 148 Å². The van der Waals surface area contributed by atoms with Crippen LogP contribution in [0.3, 0.4) is 0 Å². The number of anilines is 1. The number of hydrogen-bond acceptors (Lipinski definition) is 4. The largest absolute Gasteiger partial charge is 0.357 e. The topological polar surface area (TPSA) is 91.3 Å². The van der Waals surface area contributed by atoms with Crippen molar-refractivity contribution in [2.75, 3.05) is 18.4 Å². The molecular weight excluding hydrogens is 316 g/mol. The summed E-state index contributed by atoms with van der Waals surface area (Å²) in [7, 11) is 0. The molecule has 0 atom stereocenters. The van der Waals surface area contributed by atoms with E-state index in [-0.39, 0.29) is 5.91 Å². The van der Waals surface area contributed by atoms with Gasteiger partial charge in [0.2, 0.25) is 5.91 Å². The van der Waals surface area contributed by atoms with Gasteiger partial charge in [-0.25, -0.2) is 9.98 Å². The standard InChI is InChI=1S/C18H24N6O/c1-3-19-18(22-13-15-8-4-5-11-20-15)21-12-10-17(25)24-16-9-6-7-14(2)23-16/h4-9,11H,3,10,12-13H2,1-2H3,(H2,19,21,22)(H,23,24,25). The van der Waals surface area contributed by atoms with E-state index in [1.54, 1.807) is 12.3 Å². The van der Waals surface area contributed by atoms with Gasteiger partial charge in [0.15, 0.2) is 5.96 Å². The second-order valence-corrected chi connectivity index (χ2v) is 5.41. The van der Waals surface area contributed by atoms with Crippen LogP contribution in [0.15, 0.2) is 47.6 Å². The third-order valence-corrected chi connectivity index (χ3v) is 3.27. The highest BCUT2D eigenvalue weighted by Crippen LogP contribution is 2.04. The second-order valence-electron chi connectivity index (χ2n) is 5.41. The minimum Gasteiger partial charge on any atom is -0.357 e. The summed E-state index contributed by atoms with van der Waals surface area (Å²) >= 11 is 0. The van der Waals surface area contributed by atoms with Crippen LogP contribution in [-0.2, 0) is 11.3 Å². The van der Waals surface area contributed by atoms with Gasteiger partial charge in [-0.05, 0) is 38.1 Å². The summed E-state index contributed by atoms with van der Waals surface area (Å²) in [5.74, 6) is 1.14. The van der Waals surface area contributed by atoms with Crippen LogP contribution in [0, 0.1) is 6.92 Å². The van der Waals surface area contributed by atoms with Crippen molar-refractivity contribution in [2.45, 2.75) is 26.8 Å². The van der Waals surface area contributed by atoms with E-state index in [0.717, 1.165) is 17.9 Å². The van der Waals surface area contributed by atoms with Crippen LogP contribution < -0.4 is 16.0 Å². The van der Waals surface area contributed by atoms with Crippen molar-refractivity contribution in [3.05, 3.63) is 54.0 Å². The molecule has 3 N–H and O–H groups in total. The zero-order valence-corrected chi connectivity index (χ0v) is 14.6. The quantitative estimate of drug-likeness (QED) is 0.529. The molecule has 0 unspecified atom stereocenters. The number of rotatable bonds is 7. The summed E-state index contributed by atoms with van der Waals surface area (Å²) in [5, 5.41) is 9.09. The predicted molar refractivity (Wildman–Crippen MR) is 99.3 cm³/mol. The first-order valence-electron chi connectivity index (χ1n) is 8.33. The minimum absolute atomic E-state index is 0.0915. The van der Waals surface area contributed by atoms with Gasteiger partial charge in [-0.3, -0.25) is 9.78 Å². The summed E-state index contributed by atoms with van der Waals surface area (Å²) < 4.78 is 0. The molecule has 132 valence electrons. The smallest absolute Gasteiger partial charge is 0.227 e. The molecular formula is C18H24N6O. The lowest BCUT2D eigenvalue weighted by atomic mass is 10.3. The molecule has 25 heavy (non-hydrogen) atoms. The van der Waals surface area contributed by atoms with Crippen LogP contribution in [0.5, 0.6) is 0 Å². The van der Waals surface area contributed by atoms with E-state index in [1.165, 1.54) is 0 Å². The highest BCUT2D eigenvalue weighted by Gasteiger charge is 2.04. The van der Waals surface area contributed by atoms with Gasteiger partial charge in [-0.15, -0.1) is 0 Å². The van der Waals surface area contributed by atoms with Crippen LogP contribution in [0.25, 0.3) is 0 Å². The molecule has 0 bridgehead atoms. The van der Waals surface area contributed by atoms with Crippen molar-refractivity contribution >= 4 is 17.7 Å². The average molecular weight is 340 g/mol. The third-order valence-electron chi connectivity index (χ3n) is 3.27. The first kappa shape index (κ1) is 18.4. The fourth-order valence-corrected chi connectivity index (χ4v) is 2.11. The Bertz CT molecular complexity index is 702. The van der Waals surface area contributed by atoms with Crippen molar-refractivity contribution in [1.82, 2.24) is 20.6 Å². The van der Waals surface area contributed by atoms with E-state index < -0.39 is 0 Å². The van der Waals surface area contributed by atoms with Gasteiger partial charge in [-0.2, -0.15) is 0 Å². The highest BCUT2D eigenvalue weighted by molar-refractivity contribution is 5.90. The number of carbonyl (C=O) groups is 1. The number of aliphatic imine (C=N–C) groups is 1. The molecule has 0 fully saturated rings. The van der Waals surface area contributed by atoms with Crippen LogP contribution in [0.4, 0.5) is 5.82 Å². The molecule has 2 aromatic rings. The average Bonchev–Trinajstić information content (AvgIpc) is 2.60. The van der Waals surface area contributed by atoms with Crippen LogP contribution >= 0.6 is 0 Å². The van der Waals surface area contributed by atoms with Crippen molar-refractivity contribution in [3.63, 3.8) is 0 Å². The molecule has 0 saturated carbocycles. The number of pyridine rings is 2. The molecule has 2 rings (SSSR count). The Morgan fingerprint density at radius 1 is 1.16 bits per heavy atom. The van der Waals surface area contributed by atoms with E-state index in [1.807, 2.05) is 44.2 Å². The Hall–Kier alpha value is -2.96. The number of nitrogens with zero attached hydrogens (tertiary/aromatic N) is 3. The molecule has 1 amide bonds. The van der Waals surface area contributed by atoms with E-state index in [2.05, 4.69) is 30.9 Å². The number of hydrogen-bond donors (Lipinski definition) is 3. The predicted octanol–water partition coefficient (Wildman–Crippen LogP) is 1.87. The first-order chi connectivity index (χ1) is 12.2. The van der Waals surface area contributed by atoms with Gasteiger partial charge in [-0.1, -0.05) is 12.1 Å². The van der Waals surface area contributed by atoms with Crippen molar-refractivity contribution < 1.29 is 4.79 Å². The molecule has 0 spiro atoms. The normalized spacial score (nSPS) is 11.0. The number of guanidine groups is 1.